The number of halogens is 4. The van der Waals surface area contributed by atoms with E-state index in [1.54, 1.807) is 0 Å². The first-order valence-corrected chi connectivity index (χ1v) is 8.77. The second kappa shape index (κ2) is 6.74. The van der Waals surface area contributed by atoms with E-state index in [0.29, 0.717) is 34.2 Å². The fourth-order valence-corrected chi connectivity index (χ4v) is 3.66. The molecule has 4 rings (SSSR count). The summed E-state index contributed by atoms with van der Waals surface area (Å²) in [6.07, 6.45) is 1.67. The molecule has 27 heavy (non-hydrogen) atoms. The molecule has 1 aliphatic rings. The molecule has 0 radical (unpaired) electrons. The fraction of sp³-hybridized carbons (Fsp3) is 0.312. The van der Waals surface area contributed by atoms with Gasteiger partial charge >= 0.3 is 6.55 Å². The van der Waals surface area contributed by atoms with Gasteiger partial charge in [-0.15, -0.1) is 0 Å². The molecule has 0 fully saturated rings. The van der Waals surface area contributed by atoms with Crippen LogP contribution in [-0.2, 0) is 17.8 Å². The highest BCUT2D eigenvalue weighted by molar-refractivity contribution is 6.44. The minimum atomic E-state index is -2.78. The Labute approximate surface area is 161 Å². The Balaban J connectivity index is 1.93. The Hall–Kier alpha value is -2.23. The van der Waals surface area contributed by atoms with Gasteiger partial charge in [-0.25, -0.2) is 9.67 Å². The quantitative estimate of drug-likeness (QED) is 0.643. The molecule has 1 amide bonds. The molecule has 0 saturated carbocycles. The number of aromatic nitrogens is 4. The predicted molar refractivity (Wildman–Crippen MR) is 94.8 cm³/mol. The Morgan fingerprint density at radius 1 is 1.41 bits per heavy atom. The second-order valence-corrected chi connectivity index (χ2v) is 6.82. The van der Waals surface area contributed by atoms with Crippen LogP contribution >= 0.6 is 23.2 Å². The molecule has 11 heteroatoms. The summed E-state index contributed by atoms with van der Waals surface area (Å²) in [6.45, 7) is -2.70. The van der Waals surface area contributed by atoms with Crippen molar-refractivity contribution in [2.75, 3.05) is 13.2 Å². The number of rotatable bonds is 3. The molecular weight excluding hydrogens is 403 g/mol. The van der Waals surface area contributed by atoms with Gasteiger partial charge in [-0.1, -0.05) is 23.2 Å². The number of fused-ring (bicyclic) bond motifs is 3. The largest absolute Gasteiger partial charge is 0.387 e. The minimum absolute atomic E-state index is 0.0210. The van der Waals surface area contributed by atoms with Gasteiger partial charge < -0.3 is 15.0 Å². The number of aromatic amines is 1. The van der Waals surface area contributed by atoms with Gasteiger partial charge in [-0.3, -0.25) is 4.79 Å². The summed E-state index contributed by atoms with van der Waals surface area (Å²) in [5.41, 5.74) is 2.64. The standard InChI is InChI=1S/C16H13Cl2F2N5O2/c17-12-14-11(7-5-24(10(27)6-26)3-1-8(7)21-14)13(22-15(12)18)9-2-4-25(23-9)16(19)20/h2,4,16,21,26H,1,3,5-6H2. The maximum absolute atomic E-state index is 12.9. The normalized spacial score (nSPS) is 14.2. The molecule has 0 aliphatic carbocycles. The maximum atomic E-state index is 12.9. The Morgan fingerprint density at radius 3 is 2.85 bits per heavy atom. The first kappa shape index (κ1) is 18.1. The summed E-state index contributed by atoms with van der Waals surface area (Å²) in [5, 5.41) is 13.8. The lowest BCUT2D eigenvalue weighted by Gasteiger charge is -2.26. The number of pyridine rings is 1. The van der Waals surface area contributed by atoms with Gasteiger partial charge in [-0.2, -0.15) is 13.9 Å². The summed E-state index contributed by atoms with van der Waals surface area (Å²) in [6, 6.07) is 1.41. The zero-order chi connectivity index (χ0) is 19.3. The van der Waals surface area contributed by atoms with Crippen molar-refractivity contribution < 1.29 is 18.7 Å². The van der Waals surface area contributed by atoms with Gasteiger partial charge in [0.2, 0.25) is 5.91 Å². The van der Waals surface area contributed by atoms with Crippen LogP contribution in [-0.4, -0.2) is 48.8 Å². The molecule has 1 aliphatic heterocycles. The van der Waals surface area contributed by atoms with Crippen LogP contribution in [0.2, 0.25) is 10.2 Å². The van der Waals surface area contributed by atoms with Crippen LogP contribution < -0.4 is 0 Å². The first-order chi connectivity index (χ1) is 12.9. The van der Waals surface area contributed by atoms with Crippen molar-refractivity contribution in [3.05, 3.63) is 33.7 Å². The van der Waals surface area contributed by atoms with Crippen LogP contribution in [0.15, 0.2) is 12.3 Å². The molecule has 0 spiro atoms. The van der Waals surface area contributed by atoms with Crippen LogP contribution in [0, 0.1) is 0 Å². The first-order valence-electron chi connectivity index (χ1n) is 8.01. The third-order valence-corrected chi connectivity index (χ3v) is 5.30. The Morgan fingerprint density at radius 2 is 2.19 bits per heavy atom. The van der Waals surface area contributed by atoms with E-state index in [1.807, 2.05) is 0 Å². The summed E-state index contributed by atoms with van der Waals surface area (Å²) < 4.78 is 26.3. The van der Waals surface area contributed by atoms with E-state index in [0.717, 1.165) is 17.5 Å². The predicted octanol–water partition coefficient (Wildman–Crippen LogP) is 3.01. The lowest BCUT2D eigenvalue weighted by atomic mass is 10.0. The summed E-state index contributed by atoms with van der Waals surface area (Å²) >= 11 is 12.4. The zero-order valence-electron chi connectivity index (χ0n) is 13.7. The number of nitrogens with one attached hydrogen (secondary N) is 1. The zero-order valence-corrected chi connectivity index (χ0v) is 15.2. The van der Waals surface area contributed by atoms with Crippen LogP contribution in [0.1, 0.15) is 17.8 Å². The number of nitrogens with zero attached hydrogens (tertiary/aromatic N) is 4. The van der Waals surface area contributed by atoms with E-state index < -0.39 is 19.1 Å². The van der Waals surface area contributed by atoms with Crippen molar-refractivity contribution in [2.24, 2.45) is 0 Å². The maximum Gasteiger partial charge on any atom is 0.333 e. The topological polar surface area (TPSA) is 87.0 Å². The highest BCUT2D eigenvalue weighted by Crippen LogP contribution is 2.40. The van der Waals surface area contributed by atoms with Crippen LogP contribution in [0.3, 0.4) is 0 Å². The molecule has 0 unspecified atom stereocenters. The lowest BCUT2D eigenvalue weighted by molar-refractivity contribution is -0.135. The van der Waals surface area contributed by atoms with Gasteiger partial charge in [0.1, 0.15) is 23.0 Å². The van der Waals surface area contributed by atoms with Gasteiger partial charge in [0.15, 0.2) is 5.15 Å². The number of alkyl halides is 2. The van der Waals surface area contributed by atoms with E-state index in [9.17, 15) is 13.6 Å². The van der Waals surface area contributed by atoms with Gasteiger partial charge in [-0.05, 0) is 6.07 Å². The molecular formula is C16H13Cl2F2N5O2. The SMILES string of the molecule is O=C(CO)N1CCc2[nH]c3c(Cl)c(Cl)nc(-c4ccn(C(F)F)n4)c3c2C1. The smallest absolute Gasteiger partial charge is 0.333 e. The van der Waals surface area contributed by atoms with E-state index in [-0.39, 0.29) is 22.4 Å². The third kappa shape index (κ3) is 2.95. The molecule has 0 saturated heterocycles. The van der Waals surface area contributed by atoms with Crippen molar-refractivity contribution in [1.82, 2.24) is 24.6 Å². The van der Waals surface area contributed by atoms with Gasteiger partial charge in [0.25, 0.3) is 0 Å². The third-order valence-electron chi connectivity index (χ3n) is 4.56. The summed E-state index contributed by atoms with van der Waals surface area (Å²) in [7, 11) is 0. The minimum Gasteiger partial charge on any atom is -0.387 e. The Kier molecular flexibility index (Phi) is 4.53. The molecule has 7 nitrogen and oxygen atoms in total. The van der Waals surface area contributed by atoms with E-state index in [1.165, 1.54) is 11.0 Å². The van der Waals surface area contributed by atoms with E-state index in [4.69, 9.17) is 28.3 Å². The van der Waals surface area contributed by atoms with Gasteiger partial charge in [0, 0.05) is 42.4 Å². The molecule has 3 aromatic rings. The average molecular weight is 416 g/mol. The summed E-state index contributed by atoms with van der Waals surface area (Å²) in [4.78, 5) is 20.9. The second-order valence-electron chi connectivity index (χ2n) is 6.08. The number of carbonyl (C=O) groups is 1. The molecule has 0 aromatic carbocycles. The number of aliphatic hydroxyl groups is 1. The molecule has 0 atom stereocenters. The summed E-state index contributed by atoms with van der Waals surface area (Å²) in [5.74, 6) is -0.397. The highest BCUT2D eigenvalue weighted by Gasteiger charge is 2.28. The molecule has 142 valence electrons. The van der Waals surface area contributed by atoms with Crippen molar-refractivity contribution in [3.63, 3.8) is 0 Å². The number of carbonyl (C=O) groups excluding carboxylic acids is 1. The lowest BCUT2D eigenvalue weighted by Crippen LogP contribution is -2.37. The van der Waals surface area contributed by atoms with Crippen molar-refractivity contribution in [1.29, 1.82) is 0 Å². The fourth-order valence-electron chi connectivity index (χ4n) is 3.30. The highest BCUT2D eigenvalue weighted by atomic mass is 35.5. The van der Waals surface area contributed by atoms with Crippen molar-refractivity contribution in [3.8, 4) is 11.4 Å². The van der Waals surface area contributed by atoms with E-state index >= 15 is 0 Å². The number of hydrogen-bond donors (Lipinski definition) is 2. The number of hydrogen-bond acceptors (Lipinski definition) is 4. The number of amides is 1. The van der Waals surface area contributed by atoms with Crippen molar-refractivity contribution >= 4 is 40.0 Å². The molecule has 0 bridgehead atoms. The molecule has 3 aromatic heterocycles. The van der Waals surface area contributed by atoms with Crippen LogP contribution in [0.4, 0.5) is 8.78 Å². The van der Waals surface area contributed by atoms with Crippen molar-refractivity contribution in [2.45, 2.75) is 19.5 Å². The number of H-pyrrole nitrogens is 1. The monoisotopic (exact) mass is 415 g/mol. The average Bonchev–Trinajstić information content (AvgIpc) is 3.29. The van der Waals surface area contributed by atoms with Crippen LogP contribution in [0.25, 0.3) is 22.3 Å². The number of aliphatic hydroxyl groups excluding tert-OH is 1. The molecule has 2 N–H and O–H groups in total. The Bertz CT molecular complexity index is 1050. The van der Waals surface area contributed by atoms with Crippen LogP contribution in [0.5, 0.6) is 0 Å². The molecule has 4 heterocycles. The van der Waals surface area contributed by atoms with Gasteiger partial charge in [0.05, 0.1) is 5.52 Å². The van der Waals surface area contributed by atoms with E-state index in [2.05, 4.69) is 15.1 Å².